The van der Waals surface area contributed by atoms with Crippen LogP contribution in [-0.4, -0.2) is 35.7 Å². The van der Waals surface area contributed by atoms with E-state index in [0.29, 0.717) is 18.1 Å². The first-order valence-corrected chi connectivity index (χ1v) is 9.20. The zero-order chi connectivity index (χ0) is 18.2. The van der Waals surface area contributed by atoms with Crippen molar-refractivity contribution in [3.05, 3.63) is 51.2 Å². The van der Waals surface area contributed by atoms with Crippen LogP contribution in [0, 0.1) is 19.7 Å². The number of benzene rings is 1. The summed E-state index contributed by atoms with van der Waals surface area (Å²) in [5.41, 5.74) is 1.73. The number of aliphatic imine (C=N–C) groups is 1. The molecule has 0 saturated heterocycles. The van der Waals surface area contributed by atoms with Crippen molar-refractivity contribution in [3.63, 3.8) is 0 Å². The van der Waals surface area contributed by atoms with Gasteiger partial charge in [-0.15, -0.1) is 11.3 Å². The van der Waals surface area contributed by atoms with Crippen LogP contribution >= 0.6 is 11.3 Å². The Kier molecular flexibility index (Phi) is 7.33. The molecule has 2 rings (SSSR count). The molecular formula is C18H25FN4OS. The lowest BCUT2D eigenvalue weighted by Gasteiger charge is -2.13. The number of nitrogens with one attached hydrogen (secondary N) is 2. The Labute approximate surface area is 152 Å². The Morgan fingerprint density at radius 3 is 2.60 bits per heavy atom. The van der Waals surface area contributed by atoms with E-state index in [2.05, 4.69) is 27.5 Å². The van der Waals surface area contributed by atoms with Gasteiger partial charge in [0.05, 0.1) is 23.4 Å². The maximum absolute atomic E-state index is 12.9. The first-order valence-electron chi connectivity index (χ1n) is 8.38. The van der Waals surface area contributed by atoms with Gasteiger partial charge in [0.1, 0.15) is 5.82 Å². The topological polar surface area (TPSA) is 69.5 Å². The van der Waals surface area contributed by atoms with Gasteiger partial charge < -0.3 is 15.7 Å². The Balaban J connectivity index is 1.87. The molecule has 5 nitrogen and oxygen atoms in total. The predicted molar refractivity (Wildman–Crippen MR) is 101 cm³/mol. The second-order valence-corrected chi connectivity index (χ2v) is 7.00. The fraction of sp³-hybridized carbons (Fsp3) is 0.444. The lowest BCUT2D eigenvalue weighted by Crippen LogP contribution is -2.38. The van der Waals surface area contributed by atoms with Crippen LogP contribution in [0.25, 0.3) is 0 Å². The molecule has 0 spiro atoms. The number of thiazole rings is 1. The van der Waals surface area contributed by atoms with Gasteiger partial charge in [0, 0.05) is 24.4 Å². The summed E-state index contributed by atoms with van der Waals surface area (Å²) in [5, 5.41) is 17.7. The molecule has 136 valence electrons. The number of nitrogens with zero attached hydrogens (tertiary/aromatic N) is 2. The van der Waals surface area contributed by atoms with Crippen molar-refractivity contribution in [1.29, 1.82) is 0 Å². The van der Waals surface area contributed by atoms with Crippen LogP contribution in [0.1, 0.15) is 34.2 Å². The summed E-state index contributed by atoms with van der Waals surface area (Å²) in [6.45, 7) is 7.73. The number of hydrogen-bond acceptors (Lipinski definition) is 4. The minimum Gasteiger partial charge on any atom is -0.386 e. The Morgan fingerprint density at radius 1 is 1.28 bits per heavy atom. The van der Waals surface area contributed by atoms with Crippen molar-refractivity contribution >= 4 is 17.3 Å². The Bertz CT molecular complexity index is 680. The van der Waals surface area contributed by atoms with Crippen molar-refractivity contribution in [3.8, 4) is 0 Å². The minimum atomic E-state index is -0.764. The van der Waals surface area contributed by atoms with Crippen LogP contribution in [0.3, 0.4) is 0 Å². The number of aliphatic hydroxyl groups excluding tert-OH is 1. The van der Waals surface area contributed by atoms with E-state index in [1.54, 1.807) is 23.5 Å². The van der Waals surface area contributed by atoms with Crippen LogP contribution in [0.5, 0.6) is 0 Å². The first kappa shape index (κ1) is 19.3. The molecule has 1 aromatic heterocycles. The van der Waals surface area contributed by atoms with E-state index in [1.165, 1.54) is 17.0 Å². The fourth-order valence-electron chi connectivity index (χ4n) is 2.24. The van der Waals surface area contributed by atoms with Crippen LogP contribution < -0.4 is 10.6 Å². The molecule has 1 atom stereocenters. The SMILES string of the molecule is CCNC(=NCC(O)c1ccc(F)cc1)NCCc1nc(C)c(C)s1. The standard InChI is InChI=1S/C18H25FN4OS/c1-4-20-18(21-10-9-17-23-12(2)13(3)25-17)22-11-16(24)14-5-7-15(19)8-6-14/h5-8,16,24H,4,9-11H2,1-3H3,(H2,20,21,22). The molecule has 7 heteroatoms. The molecule has 0 aliphatic rings. The Morgan fingerprint density at radius 2 is 2.00 bits per heavy atom. The maximum Gasteiger partial charge on any atom is 0.191 e. The first-order chi connectivity index (χ1) is 12.0. The molecule has 25 heavy (non-hydrogen) atoms. The third kappa shape index (κ3) is 6.10. The summed E-state index contributed by atoms with van der Waals surface area (Å²) in [7, 11) is 0. The highest BCUT2D eigenvalue weighted by Gasteiger charge is 2.08. The van der Waals surface area contributed by atoms with Crippen LogP contribution in [0.15, 0.2) is 29.3 Å². The molecule has 2 aromatic rings. The number of hydrogen-bond donors (Lipinski definition) is 3. The molecule has 0 aliphatic heterocycles. The molecule has 0 aliphatic carbocycles. The average molecular weight is 364 g/mol. The third-order valence-corrected chi connectivity index (χ3v) is 4.86. The van der Waals surface area contributed by atoms with Gasteiger partial charge in [0.25, 0.3) is 0 Å². The number of guanidine groups is 1. The second-order valence-electron chi connectivity index (χ2n) is 5.71. The summed E-state index contributed by atoms with van der Waals surface area (Å²) in [4.78, 5) is 10.2. The van der Waals surface area contributed by atoms with Crippen LogP contribution in [0.2, 0.25) is 0 Å². The number of aromatic nitrogens is 1. The van der Waals surface area contributed by atoms with Crippen molar-refractivity contribution < 1.29 is 9.50 Å². The lowest BCUT2D eigenvalue weighted by molar-refractivity contribution is 0.187. The third-order valence-electron chi connectivity index (χ3n) is 3.73. The normalized spacial score (nSPS) is 12.9. The summed E-state index contributed by atoms with van der Waals surface area (Å²) in [5.74, 6) is 0.329. The number of rotatable bonds is 7. The summed E-state index contributed by atoms with van der Waals surface area (Å²) >= 11 is 1.71. The van der Waals surface area contributed by atoms with Gasteiger partial charge in [-0.25, -0.2) is 9.37 Å². The van der Waals surface area contributed by atoms with Crippen molar-refractivity contribution in [1.82, 2.24) is 15.6 Å². The smallest absolute Gasteiger partial charge is 0.191 e. The molecule has 0 saturated carbocycles. The van der Waals surface area contributed by atoms with Gasteiger partial charge in [-0.3, -0.25) is 4.99 Å². The van der Waals surface area contributed by atoms with E-state index in [1.807, 2.05) is 13.8 Å². The quantitative estimate of drug-likeness (QED) is 0.522. The Hall–Kier alpha value is -1.99. The van der Waals surface area contributed by atoms with E-state index in [0.717, 1.165) is 23.7 Å². The van der Waals surface area contributed by atoms with Gasteiger partial charge >= 0.3 is 0 Å². The van der Waals surface area contributed by atoms with Crippen molar-refractivity contribution in [2.45, 2.75) is 33.3 Å². The average Bonchev–Trinajstić information content (AvgIpc) is 2.91. The molecule has 0 radical (unpaired) electrons. The molecule has 1 unspecified atom stereocenters. The minimum absolute atomic E-state index is 0.205. The molecule has 0 fully saturated rings. The highest BCUT2D eigenvalue weighted by Crippen LogP contribution is 2.16. The zero-order valence-corrected chi connectivity index (χ0v) is 15.7. The number of aliphatic hydroxyl groups is 1. The summed E-state index contributed by atoms with van der Waals surface area (Å²) in [6.07, 6.45) is 0.0601. The highest BCUT2D eigenvalue weighted by atomic mass is 32.1. The van der Waals surface area contributed by atoms with Gasteiger partial charge in [-0.1, -0.05) is 12.1 Å². The molecule has 1 heterocycles. The van der Waals surface area contributed by atoms with Gasteiger partial charge in [0.2, 0.25) is 0 Å². The highest BCUT2D eigenvalue weighted by molar-refractivity contribution is 7.11. The zero-order valence-electron chi connectivity index (χ0n) is 14.8. The monoisotopic (exact) mass is 364 g/mol. The molecule has 3 N–H and O–H groups in total. The largest absolute Gasteiger partial charge is 0.386 e. The van der Waals surface area contributed by atoms with Gasteiger partial charge in [-0.2, -0.15) is 0 Å². The van der Waals surface area contributed by atoms with Crippen LogP contribution in [0.4, 0.5) is 4.39 Å². The van der Waals surface area contributed by atoms with E-state index in [-0.39, 0.29) is 12.4 Å². The molecule has 1 aromatic carbocycles. The number of halogens is 1. The van der Waals surface area contributed by atoms with Crippen molar-refractivity contribution in [2.24, 2.45) is 4.99 Å². The van der Waals surface area contributed by atoms with Crippen LogP contribution in [-0.2, 0) is 6.42 Å². The molecule has 0 amide bonds. The van der Waals surface area contributed by atoms with E-state index in [9.17, 15) is 9.50 Å². The van der Waals surface area contributed by atoms with E-state index in [4.69, 9.17) is 0 Å². The molecule has 0 bridgehead atoms. The van der Waals surface area contributed by atoms with Crippen molar-refractivity contribution in [2.75, 3.05) is 19.6 Å². The maximum atomic E-state index is 12.9. The van der Waals surface area contributed by atoms with Gasteiger partial charge in [-0.05, 0) is 38.5 Å². The van der Waals surface area contributed by atoms with E-state index < -0.39 is 6.10 Å². The summed E-state index contributed by atoms with van der Waals surface area (Å²) in [6, 6.07) is 5.82. The van der Waals surface area contributed by atoms with E-state index >= 15 is 0 Å². The fourth-order valence-corrected chi connectivity index (χ4v) is 3.18. The number of aryl methyl sites for hydroxylation is 2. The molecular weight excluding hydrogens is 339 g/mol. The predicted octanol–water partition coefficient (Wildman–Crippen LogP) is 2.73. The summed E-state index contributed by atoms with van der Waals surface area (Å²) < 4.78 is 12.9. The second kappa shape index (κ2) is 9.48. The van der Waals surface area contributed by atoms with Gasteiger partial charge in [0.15, 0.2) is 5.96 Å². The lowest BCUT2D eigenvalue weighted by atomic mass is 10.1.